The van der Waals surface area contributed by atoms with Crippen LogP contribution >= 0.6 is 0 Å². The summed E-state index contributed by atoms with van der Waals surface area (Å²) in [7, 11) is 0. The highest BCUT2D eigenvalue weighted by atomic mass is 15.2. The zero-order valence-electron chi connectivity index (χ0n) is 7.93. The van der Waals surface area contributed by atoms with Crippen molar-refractivity contribution in [1.82, 2.24) is 4.90 Å². The zero-order valence-corrected chi connectivity index (χ0v) is 7.93. The molecular formula is C9H20N2. The third-order valence-corrected chi connectivity index (χ3v) is 2.28. The second kappa shape index (κ2) is 3.11. The molecule has 1 saturated heterocycles. The first-order chi connectivity index (χ1) is 5.03. The smallest absolute Gasteiger partial charge is 0.00453 e. The Labute approximate surface area is 69.8 Å². The van der Waals surface area contributed by atoms with Crippen molar-refractivity contribution in [3.63, 3.8) is 0 Å². The van der Waals surface area contributed by atoms with E-state index in [4.69, 9.17) is 5.73 Å². The second-order valence-electron chi connectivity index (χ2n) is 4.67. The molecule has 1 fully saturated rings. The summed E-state index contributed by atoms with van der Waals surface area (Å²) in [6.45, 7) is 11.3. The normalized spacial score (nSPS) is 26.2. The van der Waals surface area contributed by atoms with Gasteiger partial charge in [-0.3, -0.25) is 0 Å². The maximum absolute atomic E-state index is 5.54. The third-order valence-electron chi connectivity index (χ3n) is 2.28. The van der Waals surface area contributed by atoms with Gasteiger partial charge in [0.2, 0.25) is 0 Å². The Kier molecular flexibility index (Phi) is 2.55. The van der Waals surface area contributed by atoms with Crippen molar-refractivity contribution in [2.24, 2.45) is 17.1 Å². The molecule has 1 aliphatic rings. The van der Waals surface area contributed by atoms with Gasteiger partial charge < -0.3 is 10.6 Å². The quantitative estimate of drug-likeness (QED) is 0.658. The van der Waals surface area contributed by atoms with Crippen LogP contribution in [0.15, 0.2) is 0 Å². The largest absolute Gasteiger partial charge is 0.330 e. The lowest BCUT2D eigenvalue weighted by Crippen LogP contribution is -2.54. The van der Waals surface area contributed by atoms with Crippen LogP contribution < -0.4 is 5.73 Å². The average molecular weight is 156 g/mol. The van der Waals surface area contributed by atoms with Crippen LogP contribution in [0.4, 0.5) is 0 Å². The molecule has 1 atom stereocenters. The summed E-state index contributed by atoms with van der Waals surface area (Å²) in [4.78, 5) is 2.48. The van der Waals surface area contributed by atoms with E-state index in [2.05, 4.69) is 25.7 Å². The Morgan fingerprint density at radius 3 is 2.36 bits per heavy atom. The topological polar surface area (TPSA) is 29.3 Å². The van der Waals surface area contributed by atoms with E-state index in [1.165, 1.54) is 19.6 Å². The second-order valence-corrected chi connectivity index (χ2v) is 4.67. The molecule has 2 heteroatoms. The predicted molar refractivity (Wildman–Crippen MR) is 48.4 cm³/mol. The van der Waals surface area contributed by atoms with Gasteiger partial charge in [0.25, 0.3) is 0 Å². The molecule has 0 radical (unpaired) electrons. The Morgan fingerprint density at radius 1 is 1.45 bits per heavy atom. The van der Waals surface area contributed by atoms with Gasteiger partial charge in [0, 0.05) is 19.6 Å². The summed E-state index contributed by atoms with van der Waals surface area (Å²) in [6.07, 6.45) is 0. The molecule has 66 valence electrons. The van der Waals surface area contributed by atoms with Gasteiger partial charge in [0.05, 0.1) is 0 Å². The lowest BCUT2D eigenvalue weighted by atomic mass is 9.84. The fourth-order valence-corrected chi connectivity index (χ4v) is 1.81. The van der Waals surface area contributed by atoms with Gasteiger partial charge in [-0.25, -0.2) is 0 Å². The molecule has 0 aromatic heterocycles. The molecule has 0 saturated carbocycles. The molecule has 0 aliphatic carbocycles. The molecule has 2 N–H and O–H groups in total. The first kappa shape index (κ1) is 9.01. The predicted octanol–water partition coefficient (Wildman–Crippen LogP) is 0.923. The number of likely N-dealkylation sites (tertiary alicyclic amines) is 1. The van der Waals surface area contributed by atoms with Crippen molar-refractivity contribution in [2.45, 2.75) is 20.8 Å². The van der Waals surface area contributed by atoms with E-state index in [0.717, 1.165) is 6.54 Å². The SMILES string of the molecule is CC(CN)CN1CC(C)(C)C1. The Morgan fingerprint density at radius 2 is 2.00 bits per heavy atom. The van der Waals surface area contributed by atoms with Crippen molar-refractivity contribution in [3.8, 4) is 0 Å². The number of hydrogen-bond donors (Lipinski definition) is 1. The number of hydrogen-bond acceptors (Lipinski definition) is 2. The minimum absolute atomic E-state index is 0.564. The van der Waals surface area contributed by atoms with Crippen LogP contribution in [0.3, 0.4) is 0 Å². The maximum Gasteiger partial charge on any atom is 0.00453 e. The van der Waals surface area contributed by atoms with Gasteiger partial charge in [-0.2, -0.15) is 0 Å². The van der Waals surface area contributed by atoms with E-state index in [9.17, 15) is 0 Å². The van der Waals surface area contributed by atoms with Crippen LogP contribution in [0.2, 0.25) is 0 Å². The highest BCUT2D eigenvalue weighted by Gasteiger charge is 2.33. The molecular weight excluding hydrogens is 136 g/mol. The summed E-state index contributed by atoms with van der Waals surface area (Å²) < 4.78 is 0. The van der Waals surface area contributed by atoms with Gasteiger partial charge in [0.1, 0.15) is 0 Å². The first-order valence-corrected chi connectivity index (χ1v) is 4.46. The molecule has 0 amide bonds. The van der Waals surface area contributed by atoms with E-state index in [-0.39, 0.29) is 0 Å². The van der Waals surface area contributed by atoms with Crippen LogP contribution in [0.5, 0.6) is 0 Å². The number of nitrogens with zero attached hydrogens (tertiary/aromatic N) is 1. The minimum Gasteiger partial charge on any atom is -0.330 e. The monoisotopic (exact) mass is 156 g/mol. The van der Waals surface area contributed by atoms with E-state index in [1.807, 2.05) is 0 Å². The number of rotatable bonds is 3. The van der Waals surface area contributed by atoms with Gasteiger partial charge in [-0.1, -0.05) is 20.8 Å². The highest BCUT2D eigenvalue weighted by Crippen LogP contribution is 2.28. The molecule has 11 heavy (non-hydrogen) atoms. The van der Waals surface area contributed by atoms with Gasteiger partial charge in [-0.15, -0.1) is 0 Å². The van der Waals surface area contributed by atoms with Gasteiger partial charge in [-0.05, 0) is 17.9 Å². The molecule has 1 unspecified atom stereocenters. The molecule has 0 spiro atoms. The van der Waals surface area contributed by atoms with E-state index in [0.29, 0.717) is 11.3 Å². The summed E-state index contributed by atoms with van der Waals surface area (Å²) >= 11 is 0. The molecule has 1 aliphatic heterocycles. The van der Waals surface area contributed by atoms with Gasteiger partial charge >= 0.3 is 0 Å². The fourth-order valence-electron chi connectivity index (χ4n) is 1.81. The summed E-state index contributed by atoms with van der Waals surface area (Å²) in [5, 5.41) is 0. The molecule has 1 heterocycles. The molecule has 0 aromatic rings. The lowest BCUT2D eigenvalue weighted by Gasteiger charge is -2.46. The third kappa shape index (κ3) is 2.46. The van der Waals surface area contributed by atoms with Crippen LogP contribution in [0.1, 0.15) is 20.8 Å². The van der Waals surface area contributed by atoms with Crippen LogP contribution in [0.25, 0.3) is 0 Å². The number of nitrogens with two attached hydrogens (primary N) is 1. The Balaban J connectivity index is 2.13. The Hall–Kier alpha value is -0.0800. The van der Waals surface area contributed by atoms with Gasteiger partial charge in [0.15, 0.2) is 0 Å². The van der Waals surface area contributed by atoms with Crippen LogP contribution in [-0.4, -0.2) is 31.1 Å². The fraction of sp³-hybridized carbons (Fsp3) is 1.00. The minimum atomic E-state index is 0.564. The molecule has 0 bridgehead atoms. The average Bonchev–Trinajstić information content (AvgIpc) is 1.83. The first-order valence-electron chi connectivity index (χ1n) is 4.46. The van der Waals surface area contributed by atoms with Crippen molar-refractivity contribution >= 4 is 0 Å². The lowest BCUT2D eigenvalue weighted by molar-refractivity contribution is 0.0211. The Bertz CT molecular complexity index is 124. The summed E-state index contributed by atoms with van der Waals surface area (Å²) in [5.74, 6) is 0.658. The van der Waals surface area contributed by atoms with Crippen LogP contribution in [0, 0.1) is 11.3 Å². The standard InChI is InChI=1S/C9H20N2/c1-8(4-10)5-11-6-9(2,3)7-11/h8H,4-7,10H2,1-3H3. The molecule has 2 nitrogen and oxygen atoms in total. The van der Waals surface area contributed by atoms with E-state index in [1.54, 1.807) is 0 Å². The van der Waals surface area contributed by atoms with E-state index < -0.39 is 0 Å². The zero-order chi connectivity index (χ0) is 8.48. The molecule has 0 aromatic carbocycles. The van der Waals surface area contributed by atoms with Crippen molar-refractivity contribution < 1.29 is 0 Å². The van der Waals surface area contributed by atoms with Crippen molar-refractivity contribution in [3.05, 3.63) is 0 Å². The van der Waals surface area contributed by atoms with E-state index >= 15 is 0 Å². The van der Waals surface area contributed by atoms with Crippen LogP contribution in [-0.2, 0) is 0 Å². The van der Waals surface area contributed by atoms with Crippen molar-refractivity contribution in [1.29, 1.82) is 0 Å². The summed E-state index contributed by atoms with van der Waals surface area (Å²) in [5.41, 5.74) is 6.10. The summed E-state index contributed by atoms with van der Waals surface area (Å²) in [6, 6.07) is 0. The maximum atomic E-state index is 5.54. The molecule has 1 rings (SSSR count). The highest BCUT2D eigenvalue weighted by molar-refractivity contribution is 4.87. The van der Waals surface area contributed by atoms with Crippen molar-refractivity contribution in [2.75, 3.05) is 26.2 Å².